The van der Waals surface area contributed by atoms with Crippen LogP contribution in [0.25, 0.3) is 0 Å². The molecule has 0 spiro atoms. The molecule has 0 fully saturated rings. The van der Waals surface area contributed by atoms with Gasteiger partial charge in [-0.25, -0.2) is 0 Å². The van der Waals surface area contributed by atoms with E-state index in [4.69, 9.17) is 4.74 Å². The number of nitro benzene ring substituents is 1. The highest BCUT2D eigenvalue weighted by atomic mass is 127. The van der Waals surface area contributed by atoms with Crippen LogP contribution >= 0.6 is 22.6 Å². The molecule has 2 aromatic rings. The quantitative estimate of drug-likeness (QED) is 0.486. The van der Waals surface area contributed by atoms with E-state index in [9.17, 15) is 14.9 Å². The molecule has 0 saturated carbocycles. The van der Waals surface area contributed by atoms with Crippen LogP contribution in [0.5, 0.6) is 5.75 Å². The molecule has 0 heterocycles. The number of nitrogens with one attached hydrogen (secondary N) is 1. The Morgan fingerprint density at radius 3 is 2.67 bits per heavy atom. The molecule has 0 aliphatic heterocycles. The topological polar surface area (TPSA) is 81.5 Å². The van der Waals surface area contributed by atoms with Crippen molar-refractivity contribution in [2.75, 3.05) is 12.4 Å². The van der Waals surface area contributed by atoms with Gasteiger partial charge in [0.2, 0.25) is 0 Å². The van der Waals surface area contributed by atoms with E-state index in [1.807, 2.05) is 18.2 Å². The smallest absolute Gasteiger partial charge is 0.273 e. The highest BCUT2D eigenvalue weighted by molar-refractivity contribution is 14.1. The molecule has 1 N–H and O–H groups in total. The van der Waals surface area contributed by atoms with Gasteiger partial charge in [0.1, 0.15) is 5.75 Å². The van der Waals surface area contributed by atoms with E-state index < -0.39 is 4.92 Å². The van der Waals surface area contributed by atoms with Gasteiger partial charge in [0.05, 0.1) is 23.7 Å². The van der Waals surface area contributed by atoms with Gasteiger partial charge in [0, 0.05) is 15.3 Å². The van der Waals surface area contributed by atoms with Gasteiger partial charge in [-0.05, 0) is 46.9 Å². The zero-order valence-corrected chi connectivity index (χ0v) is 13.2. The van der Waals surface area contributed by atoms with Crippen LogP contribution in [0.15, 0.2) is 42.5 Å². The van der Waals surface area contributed by atoms with E-state index in [2.05, 4.69) is 27.9 Å². The van der Waals surface area contributed by atoms with E-state index >= 15 is 0 Å². The van der Waals surface area contributed by atoms with Gasteiger partial charge in [0.15, 0.2) is 0 Å². The molecule has 0 atom stereocenters. The second-order valence-electron chi connectivity index (χ2n) is 4.11. The summed E-state index contributed by atoms with van der Waals surface area (Å²) >= 11 is 2.14. The molecule has 0 aliphatic carbocycles. The van der Waals surface area contributed by atoms with Crippen LogP contribution in [0.3, 0.4) is 0 Å². The fraction of sp³-hybridized carbons (Fsp3) is 0.0714. The number of carbonyl (C=O) groups is 1. The average Bonchev–Trinajstić information content (AvgIpc) is 2.46. The fourth-order valence-corrected chi connectivity index (χ4v) is 2.29. The van der Waals surface area contributed by atoms with Crippen LogP contribution < -0.4 is 10.1 Å². The van der Waals surface area contributed by atoms with Crippen LogP contribution in [0, 0.1) is 13.7 Å². The monoisotopic (exact) mass is 398 g/mol. The number of methoxy groups -OCH3 is 1. The van der Waals surface area contributed by atoms with Gasteiger partial charge < -0.3 is 10.1 Å². The number of benzene rings is 2. The Labute approximate surface area is 134 Å². The summed E-state index contributed by atoms with van der Waals surface area (Å²) in [5.74, 6) is -0.226. The molecule has 7 heteroatoms. The van der Waals surface area contributed by atoms with E-state index in [-0.39, 0.29) is 22.9 Å². The van der Waals surface area contributed by atoms with Crippen molar-refractivity contribution in [2.24, 2.45) is 0 Å². The summed E-state index contributed by atoms with van der Waals surface area (Å²) in [5, 5.41) is 13.5. The Hall–Kier alpha value is -2.16. The molecule has 2 rings (SSSR count). The number of hydrogen-bond donors (Lipinski definition) is 1. The molecule has 6 nitrogen and oxygen atoms in total. The molecule has 0 radical (unpaired) electrons. The summed E-state index contributed by atoms with van der Waals surface area (Å²) in [4.78, 5) is 22.4. The molecular weight excluding hydrogens is 387 g/mol. The van der Waals surface area contributed by atoms with Crippen molar-refractivity contribution in [3.63, 3.8) is 0 Å². The predicted octanol–water partition coefficient (Wildman–Crippen LogP) is 3.46. The number of nitrogens with zero attached hydrogens (tertiary/aromatic N) is 1. The molecule has 108 valence electrons. The molecule has 2 aromatic carbocycles. The van der Waals surface area contributed by atoms with Crippen molar-refractivity contribution in [1.82, 2.24) is 0 Å². The molecule has 0 aliphatic rings. The zero-order valence-electron chi connectivity index (χ0n) is 11.0. The lowest BCUT2D eigenvalue weighted by Gasteiger charge is -2.09. The largest absolute Gasteiger partial charge is 0.496 e. The van der Waals surface area contributed by atoms with Crippen LogP contribution in [0.1, 0.15) is 10.4 Å². The maximum atomic E-state index is 12.2. The summed E-state index contributed by atoms with van der Waals surface area (Å²) in [6.07, 6.45) is 0. The number of rotatable bonds is 4. The Bertz CT molecular complexity index is 703. The Morgan fingerprint density at radius 2 is 2.05 bits per heavy atom. The van der Waals surface area contributed by atoms with Gasteiger partial charge in [-0.1, -0.05) is 6.07 Å². The molecule has 0 bridgehead atoms. The van der Waals surface area contributed by atoms with E-state index in [1.54, 1.807) is 6.07 Å². The SMILES string of the molecule is COc1cc([N+](=O)[O-])ccc1C(=O)Nc1cccc(I)c1. The molecule has 0 aromatic heterocycles. The zero-order chi connectivity index (χ0) is 15.4. The number of anilines is 1. The molecule has 21 heavy (non-hydrogen) atoms. The van der Waals surface area contributed by atoms with Crippen LogP contribution in [0.4, 0.5) is 11.4 Å². The first-order valence-corrected chi connectivity index (χ1v) is 6.98. The molecule has 1 amide bonds. The van der Waals surface area contributed by atoms with Gasteiger partial charge in [-0.2, -0.15) is 0 Å². The third-order valence-electron chi connectivity index (χ3n) is 2.72. The van der Waals surface area contributed by atoms with Gasteiger partial charge >= 0.3 is 0 Å². The maximum Gasteiger partial charge on any atom is 0.273 e. The minimum atomic E-state index is -0.538. The maximum absolute atomic E-state index is 12.2. The number of nitro groups is 1. The standard InChI is InChI=1S/C14H11IN2O4/c1-21-13-8-11(17(19)20)5-6-12(13)14(18)16-10-4-2-3-9(15)7-10/h2-8H,1H3,(H,16,18). The number of amides is 1. The minimum Gasteiger partial charge on any atom is -0.496 e. The summed E-state index contributed by atoms with van der Waals surface area (Å²) < 4.78 is 6.04. The number of non-ortho nitro benzene ring substituents is 1. The third kappa shape index (κ3) is 3.69. The van der Waals surface area contributed by atoms with Crippen molar-refractivity contribution in [1.29, 1.82) is 0 Å². The van der Waals surface area contributed by atoms with Crippen molar-refractivity contribution in [3.8, 4) is 5.75 Å². The highest BCUT2D eigenvalue weighted by Crippen LogP contribution is 2.25. The van der Waals surface area contributed by atoms with Crippen LogP contribution in [-0.2, 0) is 0 Å². The third-order valence-corrected chi connectivity index (χ3v) is 3.39. The first-order valence-electron chi connectivity index (χ1n) is 5.90. The van der Waals surface area contributed by atoms with Crippen molar-refractivity contribution in [2.45, 2.75) is 0 Å². The van der Waals surface area contributed by atoms with E-state index in [0.29, 0.717) is 5.69 Å². The van der Waals surface area contributed by atoms with E-state index in [0.717, 1.165) is 3.57 Å². The summed E-state index contributed by atoms with van der Waals surface area (Å²) in [6, 6.07) is 11.2. The first-order chi connectivity index (χ1) is 10.0. The minimum absolute atomic E-state index is 0.127. The Balaban J connectivity index is 2.28. The van der Waals surface area contributed by atoms with Crippen LogP contribution in [-0.4, -0.2) is 17.9 Å². The summed E-state index contributed by atoms with van der Waals surface area (Å²) in [5.41, 5.74) is 0.756. The average molecular weight is 398 g/mol. The van der Waals surface area contributed by atoms with Gasteiger partial charge in [0.25, 0.3) is 11.6 Å². The lowest BCUT2D eigenvalue weighted by molar-refractivity contribution is -0.384. The van der Waals surface area contributed by atoms with Crippen molar-refractivity contribution in [3.05, 3.63) is 61.7 Å². The van der Waals surface area contributed by atoms with Crippen molar-refractivity contribution < 1.29 is 14.5 Å². The van der Waals surface area contributed by atoms with E-state index in [1.165, 1.54) is 25.3 Å². The second-order valence-corrected chi connectivity index (χ2v) is 5.35. The van der Waals surface area contributed by atoms with Gasteiger partial charge in [-0.15, -0.1) is 0 Å². The highest BCUT2D eigenvalue weighted by Gasteiger charge is 2.16. The molecular formula is C14H11IN2O4. The molecule has 0 unspecified atom stereocenters. The second kappa shape index (κ2) is 6.53. The summed E-state index contributed by atoms with van der Waals surface area (Å²) in [7, 11) is 1.36. The lowest BCUT2D eigenvalue weighted by Crippen LogP contribution is -2.13. The summed E-state index contributed by atoms with van der Waals surface area (Å²) in [6.45, 7) is 0. The lowest BCUT2D eigenvalue weighted by atomic mass is 10.1. The van der Waals surface area contributed by atoms with Gasteiger partial charge in [-0.3, -0.25) is 14.9 Å². The first kappa shape index (κ1) is 15.2. The number of ether oxygens (including phenoxy) is 1. The Kier molecular flexibility index (Phi) is 4.73. The number of carbonyl (C=O) groups excluding carboxylic acids is 1. The molecule has 0 saturated heterocycles. The van der Waals surface area contributed by atoms with Crippen molar-refractivity contribution >= 4 is 39.9 Å². The number of halogens is 1. The number of hydrogen-bond acceptors (Lipinski definition) is 4. The Morgan fingerprint density at radius 1 is 1.29 bits per heavy atom. The normalized spacial score (nSPS) is 10.0. The van der Waals surface area contributed by atoms with Crippen LogP contribution in [0.2, 0.25) is 0 Å². The fourth-order valence-electron chi connectivity index (χ4n) is 1.75. The predicted molar refractivity (Wildman–Crippen MR) is 86.8 cm³/mol.